The average molecular weight is 543 g/mol. The molecule has 8 heteroatoms. The Kier molecular flexibility index (Phi) is 13.5. The highest BCUT2D eigenvalue weighted by molar-refractivity contribution is 5.99. The number of nitrogens with zero attached hydrogens (tertiary/aromatic N) is 2. The maximum absolute atomic E-state index is 13.1. The van der Waals surface area contributed by atoms with E-state index >= 15 is 0 Å². The predicted octanol–water partition coefficient (Wildman–Crippen LogP) is 4.93. The van der Waals surface area contributed by atoms with Gasteiger partial charge in [-0.1, -0.05) is 59.7 Å². The van der Waals surface area contributed by atoms with Gasteiger partial charge in [-0.3, -0.25) is 14.5 Å². The van der Waals surface area contributed by atoms with Gasteiger partial charge in [-0.05, 0) is 38.2 Å². The highest BCUT2D eigenvalue weighted by Crippen LogP contribution is 2.45. The van der Waals surface area contributed by atoms with Gasteiger partial charge in [-0.15, -0.1) is 12.8 Å². The molecule has 39 heavy (non-hydrogen) atoms. The summed E-state index contributed by atoms with van der Waals surface area (Å²) in [5.74, 6) is 1.20. The van der Waals surface area contributed by atoms with Gasteiger partial charge in [0.2, 0.25) is 11.8 Å². The number of hydrogen-bond donors (Lipinski definition) is 2. The number of benzene rings is 1. The highest BCUT2D eigenvalue weighted by atomic mass is 16.5. The van der Waals surface area contributed by atoms with Crippen molar-refractivity contribution in [3.8, 4) is 18.6 Å². The Morgan fingerprint density at radius 2 is 1.79 bits per heavy atom. The minimum Gasteiger partial charge on any atom is -0.493 e. The molecule has 2 heterocycles. The van der Waals surface area contributed by atoms with Gasteiger partial charge < -0.3 is 20.5 Å². The third kappa shape index (κ3) is 8.47. The number of carbonyl (C=O) groups excluding carboxylic acids is 2. The van der Waals surface area contributed by atoms with Crippen LogP contribution in [-0.2, 0) is 14.3 Å². The van der Waals surface area contributed by atoms with Crippen LogP contribution in [0.5, 0.6) is 5.75 Å². The van der Waals surface area contributed by atoms with Crippen LogP contribution in [0.15, 0.2) is 29.3 Å². The molecule has 1 aliphatic carbocycles. The highest BCUT2D eigenvalue weighted by Gasteiger charge is 2.48. The molecule has 1 unspecified atom stereocenters. The van der Waals surface area contributed by atoms with Crippen molar-refractivity contribution in [1.29, 1.82) is 0 Å². The molecule has 218 valence electrons. The number of rotatable bonds is 7. The van der Waals surface area contributed by atoms with Crippen molar-refractivity contribution in [2.45, 2.75) is 85.7 Å². The summed E-state index contributed by atoms with van der Waals surface area (Å²) in [5.41, 5.74) is 6.60. The Hall–Kier alpha value is -3.05. The number of nitrogens with two attached hydrogens (primary N) is 1. The Labute approximate surface area is 236 Å². The first kappa shape index (κ1) is 34.0. The van der Waals surface area contributed by atoms with E-state index in [1.165, 1.54) is 0 Å². The largest absolute Gasteiger partial charge is 0.493 e. The molecule has 4 rings (SSSR count). The predicted molar refractivity (Wildman–Crippen MR) is 158 cm³/mol. The Morgan fingerprint density at radius 1 is 1.21 bits per heavy atom. The van der Waals surface area contributed by atoms with E-state index in [1.54, 1.807) is 12.0 Å². The molecule has 0 saturated heterocycles. The van der Waals surface area contributed by atoms with Crippen molar-refractivity contribution >= 4 is 17.8 Å². The van der Waals surface area contributed by atoms with Crippen LogP contribution in [0.25, 0.3) is 0 Å². The molecule has 3 atom stereocenters. The number of methoxy groups -OCH3 is 1. The van der Waals surface area contributed by atoms with Crippen LogP contribution >= 0.6 is 0 Å². The molecule has 1 fully saturated rings. The first-order valence-corrected chi connectivity index (χ1v) is 14.1. The second-order valence-corrected chi connectivity index (χ2v) is 10.5. The number of carbonyl (C=O) groups is 2. The van der Waals surface area contributed by atoms with E-state index in [4.69, 9.17) is 10.5 Å². The molecular formula is C31H50N4O4. The van der Waals surface area contributed by atoms with E-state index in [2.05, 4.69) is 41.7 Å². The van der Waals surface area contributed by atoms with Gasteiger partial charge in [-0.2, -0.15) is 0 Å². The van der Waals surface area contributed by atoms with Gasteiger partial charge in [0.1, 0.15) is 5.75 Å². The molecule has 1 aromatic rings. The molecule has 1 aromatic carbocycles. The van der Waals surface area contributed by atoms with E-state index in [0.717, 1.165) is 37.2 Å². The first-order chi connectivity index (χ1) is 18.6. The molecule has 3 aliphatic rings. The van der Waals surface area contributed by atoms with E-state index in [-0.39, 0.29) is 40.6 Å². The normalized spacial score (nSPS) is 23.4. The van der Waals surface area contributed by atoms with E-state index in [0.29, 0.717) is 25.5 Å². The lowest BCUT2D eigenvalue weighted by atomic mass is 9.79. The number of nitrogens with one attached hydrogen (secondary N) is 1. The van der Waals surface area contributed by atoms with Gasteiger partial charge in [-0.25, -0.2) is 4.99 Å². The SMILES string of the molecule is C#C.CC.CCC1(CC)CC(=O)N(C[C@H]2CC2C(=O)N[C@@H]2c3ccccc3OCC2(C)C)C(N)=N1.CCOC. The zero-order chi connectivity index (χ0) is 29.8. The van der Waals surface area contributed by atoms with Crippen LogP contribution in [0.1, 0.15) is 85.8 Å². The minimum atomic E-state index is -0.375. The number of amides is 2. The van der Waals surface area contributed by atoms with Gasteiger partial charge in [0.25, 0.3) is 0 Å². The van der Waals surface area contributed by atoms with Crippen molar-refractivity contribution in [2.75, 3.05) is 26.9 Å². The second kappa shape index (κ2) is 15.5. The summed E-state index contributed by atoms with van der Waals surface area (Å²) in [7, 11) is 1.68. The summed E-state index contributed by atoms with van der Waals surface area (Å²) in [5, 5.41) is 3.26. The van der Waals surface area contributed by atoms with Crippen LogP contribution < -0.4 is 15.8 Å². The van der Waals surface area contributed by atoms with E-state index in [1.807, 2.05) is 58.9 Å². The van der Waals surface area contributed by atoms with E-state index < -0.39 is 0 Å². The molecule has 0 aromatic heterocycles. The minimum absolute atomic E-state index is 0.0155. The topological polar surface area (TPSA) is 106 Å². The van der Waals surface area contributed by atoms with Gasteiger partial charge in [0.15, 0.2) is 5.96 Å². The van der Waals surface area contributed by atoms with Gasteiger partial charge in [0, 0.05) is 37.2 Å². The third-order valence-electron chi connectivity index (χ3n) is 7.59. The standard InChI is InChI=1S/C24H34N4O3.C3H8O.C2H6.C2H2/c1-5-24(6-2)12-19(29)28(22(25)27-24)13-15-11-17(15)21(30)26-20-16-9-7-8-10-18(16)31-14-23(20,3)4;1-3-4-2;2*1-2/h7-10,15,17,20H,5-6,11-14H2,1-4H3,(H2,25,27)(H,26,30);3H2,1-2H3;1-2H3;1-2H/t15-,17?,20-;;;/m1.../s1. The van der Waals surface area contributed by atoms with Gasteiger partial charge in [0.05, 0.1) is 24.6 Å². The maximum Gasteiger partial charge on any atom is 0.231 e. The smallest absolute Gasteiger partial charge is 0.231 e. The van der Waals surface area contributed by atoms with Crippen molar-refractivity contribution in [3.05, 3.63) is 29.8 Å². The van der Waals surface area contributed by atoms with Crippen LogP contribution in [0.2, 0.25) is 0 Å². The zero-order valence-electron chi connectivity index (χ0n) is 25.3. The van der Waals surface area contributed by atoms with Crippen molar-refractivity contribution in [1.82, 2.24) is 10.2 Å². The summed E-state index contributed by atoms with van der Waals surface area (Å²) >= 11 is 0. The lowest BCUT2D eigenvalue weighted by Crippen LogP contribution is -2.52. The molecule has 2 amide bonds. The quantitative estimate of drug-likeness (QED) is 0.475. The zero-order valence-corrected chi connectivity index (χ0v) is 25.3. The number of hydrogen-bond acceptors (Lipinski definition) is 6. The summed E-state index contributed by atoms with van der Waals surface area (Å²) in [6, 6.07) is 7.77. The van der Waals surface area contributed by atoms with Crippen molar-refractivity contribution in [2.24, 2.45) is 28.0 Å². The monoisotopic (exact) mass is 542 g/mol. The number of para-hydroxylation sites is 1. The number of guanidine groups is 1. The lowest BCUT2D eigenvalue weighted by molar-refractivity contribution is -0.130. The van der Waals surface area contributed by atoms with Crippen molar-refractivity contribution in [3.63, 3.8) is 0 Å². The summed E-state index contributed by atoms with van der Waals surface area (Å²) in [6.45, 7) is 16.1. The fourth-order valence-corrected chi connectivity index (χ4v) is 4.85. The fraction of sp³-hybridized carbons (Fsp3) is 0.645. The van der Waals surface area contributed by atoms with Crippen LogP contribution in [0.3, 0.4) is 0 Å². The molecular weight excluding hydrogens is 492 g/mol. The van der Waals surface area contributed by atoms with Crippen LogP contribution in [0, 0.1) is 30.1 Å². The Bertz CT molecular complexity index is 982. The van der Waals surface area contributed by atoms with Crippen LogP contribution in [0.4, 0.5) is 0 Å². The molecule has 2 aliphatic heterocycles. The Morgan fingerprint density at radius 3 is 2.33 bits per heavy atom. The molecule has 3 N–H and O–H groups in total. The Balaban J connectivity index is 0.000000856. The maximum atomic E-state index is 13.1. The van der Waals surface area contributed by atoms with E-state index in [9.17, 15) is 9.59 Å². The molecule has 8 nitrogen and oxygen atoms in total. The summed E-state index contributed by atoms with van der Waals surface area (Å²) < 4.78 is 10.4. The fourth-order valence-electron chi connectivity index (χ4n) is 4.85. The van der Waals surface area contributed by atoms with Crippen molar-refractivity contribution < 1.29 is 19.1 Å². The number of terminal acetylenes is 1. The van der Waals surface area contributed by atoms with Gasteiger partial charge >= 0.3 is 0 Å². The molecule has 0 radical (unpaired) electrons. The average Bonchev–Trinajstić information content (AvgIpc) is 3.74. The third-order valence-corrected chi connectivity index (χ3v) is 7.59. The first-order valence-electron chi connectivity index (χ1n) is 14.1. The second-order valence-electron chi connectivity index (χ2n) is 10.5. The van der Waals surface area contributed by atoms with Crippen LogP contribution in [-0.4, -0.2) is 55.1 Å². The molecule has 0 spiro atoms. The number of ether oxygens (including phenoxy) is 2. The summed E-state index contributed by atoms with van der Waals surface area (Å²) in [6.07, 6.45) is 10.7. The molecule has 1 saturated carbocycles. The number of aliphatic imine (C=N–C) groups is 1. The number of fused-ring (bicyclic) bond motifs is 1. The summed E-state index contributed by atoms with van der Waals surface area (Å²) in [4.78, 5) is 32.1. The lowest BCUT2D eigenvalue weighted by Gasteiger charge is -2.40. The molecule has 0 bridgehead atoms.